The van der Waals surface area contributed by atoms with Crippen LogP contribution in [-0.4, -0.2) is 168 Å². The van der Waals surface area contributed by atoms with Crippen molar-refractivity contribution in [3.8, 4) is 11.1 Å². The highest BCUT2D eigenvalue weighted by Gasteiger charge is 2.29. The van der Waals surface area contributed by atoms with Gasteiger partial charge in [-0.15, -0.1) is 0 Å². The molecule has 1 amide bonds. The minimum atomic E-state index is -0.902. The first kappa shape index (κ1) is 47.4. The summed E-state index contributed by atoms with van der Waals surface area (Å²) >= 11 is 0. The summed E-state index contributed by atoms with van der Waals surface area (Å²) in [6, 6.07) is 24.8. The van der Waals surface area contributed by atoms with Crippen LogP contribution >= 0.6 is 0 Å². The molecule has 324 valence electrons. The van der Waals surface area contributed by atoms with Crippen molar-refractivity contribution in [3.63, 3.8) is 0 Å². The van der Waals surface area contributed by atoms with E-state index in [0.717, 1.165) is 0 Å². The molecule has 0 saturated carbocycles. The number of rotatable bonds is 34. The van der Waals surface area contributed by atoms with Crippen molar-refractivity contribution in [3.05, 3.63) is 95.6 Å². The molecular formula is C44H59NO14. The monoisotopic (exact) mass is 825 g/mol. The summed E-state index contributed by atoms with van der Waals surface area (Å²) in [7, 11) is 1.71. The lowest BCUT2D eigenvalue weighted by Gasteiger charge is -2.19. The van der Waals surface area contributed by atoms with Gasteiger partial charge in [-0.2, -0.15) is 0 Å². The molecule has 0 heterocycles. The number of nitrogens with zero attached hydrogens (tertiary/aromatic N) is 1. The largest absolute Gasteiger partial charge is 0.457 e. The third kappa shape index (κ3) is 18.7. The molecule has 4 rings (SSSR count). The molecule has 0 saturated heterocycles. The maximum Gasteiger partial charge on any atom is 0.409 e. The van der Waals surface area contributed by atoms with Crippen molar-refractivity contribution >= 4 is 17.8 Å². The molecule has 0 unspecified atom stereocenters. The van der Waals surface area contributed by atoms with E-state index in [1.807, 2.05) is 24.3 Å². The number of fused-ring (bicyclic) bond motifs is 3. The summed E-state index contributed by atoms with van der Waals surface area (Å²) in [5, 5.41) is 0. The average molecular weight is 826 g/mol. The van der Waals surface area contributed by atoms with Gasteiger partial charge in [0.15, 0.2) is 0 Å². The van der Waals surface area contributed by atoms with Crippen molar-refractivity contribution in [2.24, 2.45) is 0 Å². The van der Waals surface area contributed by atoms with Gasteiger partial charge in [0.1, 0.15) is 13.2 Å². The molecule has 1 aliphatic rings. The Kier molecular flexibility index (Phi) is 24.0. The predicted octanol–water partition coefficient (Wildman–Crippen LogP) is 4.44. The standard InChI is InChI=1S/C44H59NO14/c1-45(44(48)59-35-41-39-13-7-5-11-37(39)38-12-6-8-14-40(38)41)15-16-49-17-18-50-19-20-51-21-22-52-23-24-53-25-26-54-27-28-55-29-30-56-31-32-57-33-34-58-43(47)42(46)36-9-3-2-4-10-36/h2-14,41H,15-35H2,1H3. The van der Waals surface area contributed by atoms with E-state index in [1.165, 1.54) is 27.2 Å². The van der Waals surface area contributed by atoms with Gasteiger partial charge in [-0.05, 0) is 22.3 Å². The molecule has 0 aliphatic heterocycles. The van der Waals surface area contributed by atoms with Crippen LogP contribution in [-0.2, 0) is 56.9 Å². The molecule has 0 aromatic heterocycles. The van der Waals surface area contributed by atoms with E-state index in [-0.39, 0.29) is 31.8 Å². The third-order valence-electron chi connectivity index (χ3n) is 8.88. The van der Waals surface area contributed by atoms with Crippen molar-refractivity contribution in [2.45, 2.75) is 5.92 Å². The summed E-state index contributed by atoms with van der Waals surface area (Å²) in [6.07, 6.45) is -0.373. The van der Waals surface area contributed by atoms with Gasteiger partial charge in [-0.25, -0.2) is 9.59 Å². The third-order valence-corrected chi connectivity index (χ3v) is 8.88. The number of amides is 1. The number of ether oxygens (including phenoxy) is 11. The lowest BCUT2D eigenvalue weighted by atomic mass is 9.98. The predicted molar refractivity (Wildman–Crippen MR) is 217 cm³/mol. The first-order chi connectivity index (χ1) is 29.1. The normalized spacial score (nSPS) is 11.9. The van der Waals surface area contributed by atoms with E-state index >= 15 is 0 Å². The highest BCUT2D eigenvalue weighted by Crippen LogP contribution is 2.44. The molecule has 15 nitrogen and oxygen atoms in total. The van der Waals surface area contributed by atoms with Gasteiger partial charge in [0.2, 0.25) is 0 Å². The van der Waals surface area contributed by atoms with Crippen molar-refractivity contribution in [1.82, 2.24) is 4.90 Å². The second-order valence-electron chi connectivity index (χ2n) is 13.1. The van der Waals surface area contributed by atoms with Crippen LogP contribution in [0.1, 0.15) is 27.4 Å². The molecule has 0 spiro atoms. The number of likely N-dealkylation sites (N-methyl/N-ethyl adjacent to an activating group) is 1. The summed E-state index contributed by atoms with van der Waals surface area (Å²) in [6.45, 7) is 8.21. The zero-order chi connectivity index (χ0) is 41.6. The fourth-order valence-electron chi connectivity index (χ4n) is 5.82. The van der Waals surface area contributed by atoms with E-state index < -0.39 is 11.8 Å². The smallest absolute Gasteiger partial charge is 0.409 e. The Morgan fingerprint density at radius 3 is 1.22 bits per heavy atom. The van der Waals surface area contributed by atoms with Crippen LogP contribution in [0, 0.1) is 0 Å². The summed E-state index contributed by atoms with van der Waals surface area (Å²) in [5.41, 5.74) is 5.06. The zero-order valence-electron chi connectivity index (χ0n) is 34.1. The van der Waals surface area contributed by atoms with Crippen LogP contribution in [0.2, 0.25) is 0 Å². The van der Waals surface area contributed by atoms with Crippen LogP contribution in [0.4, 0.5) is 4.79 Å². The van der Waals surface area contributed by atoms with Crippen LogP contribution in [0.3, 0.4) is 0 Å². The fraction of sp³-hybridized carbons (Fsp3) is 0.523. The number of Topliss-reactive ketones (excluding diaryl/α,β-unsaturated/α-hetero) is 1. The molecule has 0 radical (unpaired) electrons. The fourth-order valence-corrected chi connectivity index (χ4v) is 5.82. The minimum Gasteiger partial charge on any atom is -0.457 e. The van der Waals surface area contributed by atoms with E-state index in [0.29, 0.717) is 124 Å². The lowest BCUT2D eigenvalue weighted by Crippen LogP contribution is -2.32. The minimum absolute atomic E-state index is 0.00940. The SMILES string of the molecule is CN(CCOCCOCCOCCOCCOCCOCCOCCOCCOCCOC(=O)C(=O)c1ccccc1)C(=O)OCC1c2ccccc2-c2ccccc21. The molecule has 0 N–H and O–H groups in total. The Morgan fingerprint density at radius 1 is 0.441 bits per heavy atom. The molecule has 0 bridgehead atoms. The number of hydrogen-bond donors (Lipinski definition) is 0. The van der Waals surface area contributed by atoms with Crippen molar-refractivity contribution < 1.29 is 66.5 Å². The number of esters is 1. The Bertz CT molecular complexity index is 1560. The summed E-state index contributed by atoms with van der Waals surface area (Å²) in [4.78, 5) is 37.8. The maximum absolute atomic E-state index is 12.6. The topological polar surface area (TPSA) is 156 Å². The highest BCUT2D eigenvalue weighted by atomic mass is 16.6. The molecule has 0 fully saturated rings. The summed E-state index contributed by atoms with van der Waals surface area (Å²) < 4.78 is 60.0. The van der Waals surface area contributed by atoms with Gasteiger partial charge in [0.25, 0.3) is 5.78 Å². The molecule has 0 atom stereocenters. The Morgan fingerprint density at radius 2 is 0.797 bits per heavy atom. The number of hydrogen-bond acceptors (Lipinski definition) is 14. The second-order valence-corrected chi connectivity index (χ2v) is 13.1. The molecular weight excluding hydrogens is 766 g/mol. The van der Waals surface area contributed by atoms with Crippen molar-refractivity contribution in [2.75, 3.05) is 146 Å². The van der Waals surface area contributed by atoms with Crippen molar-refractivity contribution in [1.29, 1.82) is 0 Å². The van der Waals surface area contributed by atoms with Gasteiger partial charge < -0.3 is 57.0 Å². The van der Waals surface area contributed by atoms with Gasteiger partial charge in [-0.3, -0.25) is 4.79 Å². The van der Waals surface area contributed by atoms with Crippen LogP contribution in [0.15, 0.2) is 78.9 Å². The van der Waals surface area contributed by atoms with E-state index in [2.05, 4.69) is 24.3 Å². The van der Waals surface area contributed by atoms with Gasteiger partial charge in [0.05, 0.1) is 119 Å². The Hall–Kier alpha value is -4.29. The maximum atomic E-state index is 12.6. The molecule has 1 aliphatic carbocycles. The van der Waals surface area contributed by atoms with Crippen LogP contribution < -0.4 is 0 Å². The van der Waals surface area contributed by atoms with E-state index in [4.69, 9.17) is 52.1 Å². The molecule has 15 heteroatoms. The first-order valence-corrected chi connectivity index (χ1v) is 20.1. The Labute approximate surface area is 347 Å². The van der Waals surface area contributed by atoms with E-state index in [9.17, 15) is 14.4 Å². The lowest BCUT2D eigenvalue weighted by molar-refractivity contribution is -0.139. The molecule has 3 aromatic carbocycles. The van der Waals surface area contributed by atoms with Crippen LogP contribution in [0.5, 0.6) is 0 Å². The number of carbonyl (C=O) groups is 3. The second kappa shape index (κ2) is 29.8. The van der Waals surface area contributed by atoms with Gasteiger partial charge in [-0.1, -0.05) is 78.9 Å². The summed E-state index contributed by atoms with van der Waals surface area (Å²) in [5.74, 6) is -1.55. The molecule has 59 heavy (non-hydrogen) atoms. The van der Waals surface area contributed by atoms with Gasteiger partial charge in [0, 0.05) is 25.1 Å². The number of ketones is 1. The average Bonchev–Trinajstić information content (AvgIpc) is 3.59. The number of benzene rings is 3. The molecule has 3 aromatic rings. The first-order valence-electron chi connectivity index (χ1n) is 20.1. The van der Waals surface area contributed by atoms with Gasteiger partial charge >= 0.3 is 12.1 Å². The zero-order valence-corrected chi connectivity index (χ0v) is 34.1. The number of carbonyl (C=O) groups excluding carboxylic acids is 3. The highest BCUT2D eigenvalue weighted by molar-refractivity contribution is 6.40. The van der Waals surface area contributed by atoms with E-state index in [1.54, 1.807) is 37.4 Å². The Balaban J connectivity index is 0.804. The quantitative estimate of drug-likeness (QED) is 0.0361. The van der Waals surface area contributed by atoms with Crippen LogP contribution in [0.25, 0.3) is 11.1 Å².